The van der Waals surface area contributed by atoms with Crippen molar-refractivity contribution in [3.63, 3.8) is 0 Å². The van der Waals surface area contributed by atoms with Gasteiger partial charge in [0.2, 0.25) is 10.0 Å². The number of nitrogens with one attached hydrogen (secondary N) is 1. The zero-order chi connectivity index (χ0) is 10.2. The average molecular weight is 322 g/mol. The number of benzene rings is 1. The SMILES string of the molecule is O=S(=O)(N[C]1CC1)c1ccc(I)cc1. The van der Waals surface area contributed by atoms with Gasteiger partial charge >= 0.3 is 0 Å². The number of rotatable bonds is 3. The third-order valence-corrected chi connectivity index (χ3v) is 4.07. The lowest BCUT2D eigenvalue weighted by atomic mass is 10.4. The third-order valence-electron chi connectivity index (χ3n) is 1.90. The fraction of sp³-hybridized carbons (Fsp3) is 0.222. The highest BCUT2D eigenvalue weighted by molar-refractivity contribution is 14.1. The van der Waals surface area contributed by atoms with E-state index in [4.69, 9.17) is 0 Å². The van der Waals surface area contributed by atoms with Crippen molar-refractivity contribution in [3.05, 3.63) is 33.9 Å². The number of hydrogen-bond donors (Lipinski definition) is 1. The zero-order valence-electron chi connectivity index (χ0n) is 7.33. The molecule has 1 aliphatic rings. The van der Waals surface area contributed by atoms with Crippen LogP contribution in [0.2, 0.25) is 0 Å². The van der Waals surface area contributed by atoms with Crippen molar-refractivity contribution in [3.8, 4) is 0 Å². The molecular formula is C9H9INO2S. The summed E-state index contributed by atoms with van der Waals surface area (Å²) in [6.07, 6.45) is 1.76. The van der Waals surface area contributed by atoms with Crippen molar-refractivity contribution in [2.24, 2.45) is 0 Å². The predicted molar refractivity (Wildman–Crippen MR) is 62.0 cm³/mol. The van der Waals surface area contributed by atoms with Crippen LogP contribution in [0.5, 0.6) is 0 Å². The minimum absolute atomic E-state index is 0.331. The molecular weight excluding hydrogens is 313 g/mol. The van der Waals surface area contributed by atoms with Crippen LogP contribution in [0.15, 0.2) is 29.2 Å². The van der Waals surface area contributed by atoms with E-state index in [2.05, 4.69) is 27.3 Å². The smallest absolute Gasteiger partial charge is 0.207 e. The molecule has 14 heavy (non-hydrogen) atoms. The molecule has 1 radical (unpaired) electrons. The molecule has 1 aliphatic carbocycles. The Balaban J connectivity index is 2.24. The van der Waals surface area contributed by atoms with Crippen LogP contribution in [0.4, 0.5) is 0 Å². The summed E-state index contributed by atoms with van der Waals surface area (Å²) in [5, 5.41) is 0. The Labute approximate surface area is 97.1 Å². The summed E-state index contributed by atoms with van der Waals surface area (Å²) in [7, 11) is -3.30. The molecule has 5 heteroatoms. The Kier molecular flexibility index (Phi) is 2.81. The molecule has 0 saturated heterocycles. The van der Waals surface area contributed by atoms with Crippen molar-refractivity contribution in [1.29, 1.82) is 0 Å². The van der Waals surface area contributed by atoms with E-state index in [1.54, 1.807) is 24.3 Å². The van der Waals surface area contributed by atoms with Gasteiger partial charge in [-0.2, -0.15) is 0 Å². The zero-order valence-corrected chi connectivity index (χ0v) is 10.3. The maximum absolute atomic E-state index is 11.7. The lowest BCUT2D eigenvalue weighted by Crippen LogP contribution is -2.21. The van der Waals surface area contributed by atoms with E-state index in [0.717, 1.165) is 22.5 Å². The highest BCUT2D eigenvalue weighted by atomic mass is 127. The summed E-state index contributed by atoms with van der Waals surface area (Å²) in [4.78, 5) is 0.331. The minimum atomic E-state index is -3.30. The molecule has 0 unspecified atom stereocenters. The number of hydrogen-bond acceptors (Lipinski definition) is 2. The van der Waals surface area contributed by atoms with Crippen LogP contribution in [0.25, 0.3) is 0 Å². The summed E-state index contributed by atoms with van der Waals surface area (Å²) in [5.74, 6) is 0. The van der Waals surface area contributed by atoms with Gasteiger partial charge in [-0.15, -0.1) is 0 Å². The van der Waals surface area contributed by atoms with E-state index in [9.17, 15) is 8.42 Å². The second kappa shape index (κ2) is 3.79. The van der Waals surface area contributed by atoms with E-state index in [1.807, 2.05) is 0 Å². The van der Waals surface area contributed by atoms with E-state index in [0.29, 0.717) is 4.90 Å². The molecule has 0 atom stereocenters. The van der Waals surface area contributed by atoms with Crippen LogP contribution in [0.3, 0.4) is 0 Å². The van der Waals surface area contributed by atoms with Gasteiger partial charge in [0.05, 0.1) is 10.9 Å². The van der Waals surface area contributed by atoms with Gasteiger partial charge in [0.15, 0.2) is 0 Å². The molecule has 0 aromatic heterocycles. The van der Waals surface area contributed by atoms with Crippen molar-refractivity contribution in [2.75, 3.05) is 0 Å². The molecule has 1 fully saturated rings. The van der Waals surface area contributed by atoms with Crippen molar-refractivity contribution in [2.45, 2.75) is 17.7 Å². The highest BCUT2D eigenvalue weighted by Crippen LogP contribution is 2.30. The second-order valence-corrected chi connectivity index (χ2v) is 6.09. The third kappa shape index (κ3) is 2.46. The average Bonchev–Trinajstić information content (AvgIpc) is 2.88. The maximum Gasteiger partial charge on any atom is 0.241 e. The monoisotopic (exact) mass is 322 g/mol. The van der Waals surface area contributed by atoms with E-state index in [1.165, 1.54) is 0 Å². The van der Waals surface area contributed by atoms with E-state index < -0.39 is 10.0 Å². The second-order valence-electron chi connectivity index (χ2n) is 3.16. The molecule has 2 rings (SSSR count). The van der Waals surface area contributed by atoms with Crippen molar-refractivity contribution < 1.29 is 8.42 Å². The van der Waals surface area contributed by atoms with E-state index >= 15 is 0 Å². The molecule has 0 spiro atoms. The fourth-order valence-electron chi connectivity index (χ4n) is 1.03. The Morgan fingerprint density at radius 3 is 2.21 bits per heavy atom. The van der Waals surface area contributed by atoms with Crippen LogP contribution in [-0.2, 0) is 10.0 Å². The number of sulfonamides is 1. The van der Waals surface area contributed by atoms with Crippen LogP contribution >= 0.6 is 22.6 Å². The normalized spacial score (nSPS) is 16.9. The van der Waals surface area contributed by atoms with Gasteiger partial charge < -0.3 is 0 Å². The van der Waals surface area contributed by atoms with Gasteiger partial charge in [-0.25, -0.2) is 13.1 Å². The van der Waals surface area contributed by atoms with Gasteiger partial charge in [0.25, 0.3) is 0 Å². The molecule has 1 aromatic carbocycles. The van der Waals surface area contributed by atoms with Crippen LogP contribution < -0.4 is 4.72 Å². The van der Waals surface area contributed by atoms with Crippen molar-refractivity contribution in [1.82, 2.24) is 4.72 Å². The first-order valence-electron chi connectivity index (χ1n) is 4.21. The Morgan fingerprint density at radius 1 is 1.14 bits per heavy atom. The largest absolute Gasteiger partial charge is 0.241 e. The van der Waals surface area contributed by atoms with Gasteiger partial charge in [0, 0.05) is 3.57 Å². The van der Waals surface area contributed by atoms with Crippen molar-refractivity contribution >= 4 is 32.6 Å². The lowest BCUT2D eigenvalue weighted by Gasteiger charge is -2.04. The first-order chi connectivity index (χ1) is 6.58. The summed E-state index contributed by atoms with van der Waals surface area (Å²) < 4.78 is 26.9. The van der Waals surface area contributed by atoms with Gasteiger partial charge in [0.1, 0.15) is 0 Å². The highest BCUT2D eigenvalue weighted by Gasteiger charge is 2.28. The van der Waals surface area contributed by atoms with Crippen LogP contribution in [-0.4, -0.2) is 8.42 Å². The Morgan fingerprint density at radius 2 is 1.71 bits per heavy atom. The molecule has 0 amide bonds. The Bertz CT molecular complexity index is 423. The number of halogens is 1. The molecule has 75 valence electrons. The van der Waals surface area contributed by atoms with Crippen LogP contribution in [0.1, 0.15) is 12.8 Å². The lowest BCUT2D eigenvalue weighted by molar-refractivity contribution is 0.587. The molecule has 1 saturated carbocycles. The summed E-state index contributed by atoms with van der Waals surface area (Å²) >= 11 is 2.14. The molecule has 1 N–H and O–H groups in total. The molecule has 0 bridgehead atoms. The maximum atomic E-state index is 11.7. The standard InChI is InChI=1S/C9H9INO2S/c10-7-1-5-9(6-2-7)14(12,13)11-8-3-4-8/h1-2,5-6,11H,3-4H2. The first kappa shape index (κ1) is 10.4. The van der Waals surface area contributed by atoms with Gasteiger partial charge in [-0.3, -0.25) is 0 Å². The fourth-order valence-corrected chi connectivity index (χ4v) is 2.58. The summed E-state index contributed by atoms with van der Waals surface area (Å²) in [5.41, 5.74) is 0. The molecule has 0 aliphatic heterocycles. The Hall–Kier alpha value is -0.140. The van der Waals surface area contributed by atoms with Gasteiger partial charge in [-0.1, -0.05) is 0 Å². The minimum Gasteiger partial charge on any atom is -0.207 e. The quantitative estimate of drug-likeness (QED) is 0.864. The van der Waals surface area contributed by atoms with Gasteiger partial charge in [-0.05, 0) is 59.7 Å². The summed E-state index contributed by atoms with van der Waals surface area (Å²) in [6.45, 7) is 0. The summed E-state index contributed by atoms with van der Waals surface area (Å²) in [6, 6.07) is 7.71. The van der Waals surface area contributed by atoms with E-state index in [-0.39, 0.29) is 0 Å². The molecule has 1 aromatic rings. The molecule has 0 heterocycles. The van der Waals surface area contributed by atoms with Crippen LogP contribution in [0, 0.1) is 9.61 Å². The topological polar surface area (TPSA) is 46.2 Å². The predicted octanol–water partition coefficient (Wildman–Crippen LogP) is 1.90. The molecule has 3 nitrogen and oxygen atoms in total. The first-order valence-corrected chi connectivity index (χ1v) is 6.77.